The lowest BCUT2D eigenvalue weighted by molar-refractivity contribution is 0.0714. The number of sulfonamides is 1. The van der Waals surface area contributed by atoms with Crippen molar-refractivity contribution in [3.8, 4) is 0 Å². The Hall–Kier alpha value is -2.28. The first-order valence-corrected chi connectivity index (χ1v) is 11.3. The van der Waals surface area contributed by atoms with Gasteiger partial charge >= 0.3 is 0 Å². The van der Waals surface area contributed by atoms with E-state index in [2.05, 4.69) is 4.72 Å². The van der Waals surface area contributed by atoms with Crippen LogP contribution in [-0.2, 0) is 23.5 Å². The van der Waals surface area contributed by atoms with Gasteiger partial charge in [-0.1, -0.05) is 25.1 Å². The number of hydrogen-bond donors (Lipinski definition) is 1. The fourth-order valence-corrected chi connectivity index (χ4v) is 5.23. The van der Waals surface area contributed by atoms with Crippen molar-refractivity contribution in [3.05, 3.63) is 46.8 Å². The van der Waals surface area contributed by atoms with Crippen molar-refractivity contribution in [2.24, 2.45) is 7.05 Å². The van der Waals surface area contributed by atoms with Crippen molar-refractivity contribution >= 4 is 21.6 Å². The molecule has 152 valence electrons. The molecule has 0 unspecified atom stereocenters. The fraction of sp³-hybridized carbons (Fsp3) is 0.476. The molecule has 0 atom stereocenters. The maximum Gasteiger partial charge on any atom is 0.270 e. The highest BCUT2D eigenvalue weighted by Crippen LogP contribution is 2.28. The molecule has 0 spiro atoms. The third-order valence-electron chi connectivity index (χ3n) is 5.62. The number of anilines is 1. The Kier molecular flexibility index (Phi) is 5.84. The van der Waals surface area contributed by atoms with Gasteiger partial charge in [0.1, 0.15) is 10.6 Å². The Labute approximate surface area is 167 Å². The molecule has 1 aliphatic rings. The molecule has 1 aromatic carbocycles. The van der Waals surface area contributed by atoms with Crippen LogP contribution in [0.4, 0.5) is 5.69 Å². The zero-order valence-electron chi connectivity index (χ0n) is 17.1. The summed E-state index contributed by atoms with van der Waals surface area (Å²) in [7, 11) is -2.06. The van der Waals surface area contributed by atoms with E-state index in [0.29, 0.717) is 17.1 Å². The largest absolute Gasteiger partial charge is 0.343 e. The molecule has 2 heterocycles. The molecule has 0 aliphatic carbocycles. The highest BCUT2D eigenvalue weighted by Gasteiger charge is 2.28. The number of piperidine rings is 1. The van der Waals surface area contributed by atoms with Gasteiger partial charge in [-0.3, -0.25) is 9.52 Å². The predicted octanol–water partition coefficient (Wildman–Crippen LogP) is 3.63. The number of hydrogen-bond acceptors (Lipinski definition) is 3. The summed E-state index contributed by atoms with van der Waals surface area (Å²) in [5, 5.41) is 0. The number of likely N-dealkylation sites (tertiary alicyclic amines) is 1. The first kappa shape index (κ1) is 20.5. The zero-order chi connectivity index (χ0) is 20.5. The third kappa shape index (κ3) is 3.81. The van der Waals surface area contributed by atoms with E-state index in [0.717, 1.165) is 49.9 Å². The smallest absolute Gasteiger partial charge is 0.270 e. The minimum Gasteiger partial charge on any atom is -0.343 e. The average Bonchev–Trinajstić information content (AvgIpc) is 2.99. The van der Waals surface area contributed by atoms with Gasteiger partial charge in [-0.25, -0.2) is 8.42 Å². The molecule has 7 heteroatoms. The van der Waals surface area contributed by atoms with Crippen LogP contribution in [0.25, 0.3) is 0 Å². The summed E-state index contributed by atoms with van der Waals surface area (Å²) in [4.78, 5) is 14.9. The van der Waals surface area contributed by atoms with Crippen molar-refractivity contribution in [2.45, 2.75) is 51.3 Å². The third-order valence-corrected chi connectivity index (χ3v) is 7.08. The second-order valence-electron chi connectivity index (χ2n) is 7.46. The molecule has 0 bridgehead atoms. The van der Waals surface area contributed by atoms with Gasteiger partial charge in [0.05, 0.1) is 5.69 Å². The summed E-state index contributed by atoms with van der Waals surface area (Å²) >= 11 is 0. The van der Waals surface area contributed by atoms with Crippen molar-refractivity contribution < 1.29 is 13.2 Å². The molecule has 2 aromatic rings. The lowest BCUT2D eigenvalue weighted by Crippen LogP contribution is -2.36. The molecule has 1 fully saturated rings. The van der Waals surface area contributed by atoms with Gasteiger partial charge in [0, 0.05) is 25.8 Å². The number of aromatic nitrogens is 1. The maximum atomic E-state index is 13.2. The SMILES string of the molecule is CCc1cccc(C)c1NS(=O)(=O)c1cc(C(=O)N2CCCCC2)n(C)c1C. The summed E-state index contributed by atoms with van der Waals surface area (Å²) in [5.74, 6) is -0.100. The van der Waals surface area contributed by atoms with Gasteiger partial charge in [-0.15, -0.1) is 0 Å². The van der Waals surface area contributed by atoms with Gasteiger partial charge < -0.3 is 9.47 Å². The number of para-hydroxylation sites is 1. The van der Waals surface area contributed by atoms with Crippen molar-refractivity contribution in [1.82, 2.24) is 9.47 Å². The second-order valence-corrected chi connectivity index (χ2v) is 9.11. The maximum absolute atomic E-state index is 13.2. The van der Waals surface area contributed by atoms with E-state index in [4.69, 9.17) is 0 Å². The summed E-state index contributed by atoms with van der Waals surface area (Å²) < 4.78 is 30.8. The summed E-state index contributed by atoms with van der Waals surface area (Å²) in [6.45, 7) is 7.08. The van der Waals surface area contributed by atoms with Crippen LogP contribution in [0.3, 0.4) is 0 Å². The van der Waals surface area contributed by atoms with Crippen LogP contribution in [0.1, 0.15) is 53.5 Å². The second kappa shape index (κ2) is 7.99. The van der Waals surface area contributed by atoms with E-state index in [-0.39, 0.29) is 10.8 Å². The van der Waals surface area contributed by atoms with Crippen LogP contribution in [-0.4, -0.2) is 36.9 Å². The normalized spacial score (nSPS) is 14.9. The molecule has 0 saturated carbocycles. The van der Waals surface area contributed by atoms with Gasteiger partial charge in [0.2, 0.25) is 0 Å². The van der Waals surface area contributed by atoms with Gasteiger partial charge in [0.15, 0.2) is 0 Å². The number of nitrogens with zero attached hydrogens (tertiary/aromatic N) is 2. The van der Waals surface area contributed by atoms with Gasteiger partial charge in [-0.2, -0.15) is 0 Å². The summed E-state index contributed by atoms with van der Waals surface area (Å²) in [6.07, 6.45) is 3.85. The van der Waals surface area contributed by atoms with Crippen molar-refractivity contribution in [1.29, 1.82) is 0 Å². The lowest BCUT2D eigenvalue weighted by Gasteiger charge is -2.26. The van der Waals surface area contributed by atoms with Crippen LogP contribution in [0.15, 0.2) is 29.2 Å². The number of rotatable bonds is 5. The van der Waals surface area contributed by atoms with E-state index in [1.807, 2.05) is 36.9 Å². The van der Waals surface area contributed by atoms with E-state index >= 15 is 0 Å². The fourth-order valence-electron chi connectivity index (χ4n) is 3.77. The monoisotopic (exact) mass is 403 g/mol. The quantitative estimate of drug-likeness (QED) is 0.829. The molecular formula is C21H29N3O3S. The minimum atomic E-state index is -3.81. The number of benzene rings is 1. The van der Waals surface area contributed by atoms with Gasteiger partial charge in [-0.05, 0) is 56.7 Å². The van der Waals surface area contributed by atoms with Crippen LogP contribution in [0.2, 0.25) is 0 Å². The standard InChI is InChI=1S/C21H29N3O3S/c1-5-17-11-9-10-15(2)20(17)22-28(26,27)19-14-18(23(4)16(19)3)21(25)24-12-7-6-8-13-24/h9-11,14,22H,5-8,12-13H2,1-4H3. The van der Waals surface area contributed by atoms with Crippen molar-refractivity contribution in [3.63, 3.8) is 0 Å². The number of amides is 1. The first-order chi connectivity index (χ1) is 13.3. The zero-order valence-corrected chi connectivity index (χ0v) is 17.9. The molecule has 1 amide bonds. The Balaban J connectivity index is 1.96. The van der Waals surface area contributed by atoms with Gasteiger partial charge in [0.25, 0.3) is 15.9 Å². The lowest BCUT2D eigenvalue weighted by atomic mass is 10.1. The Morgan fingerprint density at radius 2 is 1.82 bits per heavy atom. The molecule has 3 rings (SSSR count). The van der Waals surface area contributed by atoms with Crippen molar-refractivity contribution in [2.75, 3.05) is 17.8 Å². The number of carbonyl (C=O) groups is 1. The Morgan fingerprint density at radius 1 is 1.14 bits per heavy atom. The summed E-state index contributed by atoms with van der Waals surface area (Å²) in [6, 6.07) is 7.25. The summed E-state index contributed by atoms with van der Waals surface area (Å²) in [5.41, 5.74) is 3.42. The number of carbonyl (C=O) groups excluding carboxylic acids is 1. The average molecular weight is 404 g/mol. The number of aryl methyl sites for hydroxylation is 2. The molecule has 1 aliphatic heterocycles. The molecular weight excluding hydrogens is 374 g/mol. The Morgan fingerprint density at radius 3 is 2.46 bits per heavy atom. The van der Waals surface area contributed by atoms with E-state index in [1.54, 1.807) is 18.5 Å². The molecule has 1 N–H and O–H groups in total. The molecule has 1 saturated heterocycles. The molecule has 28 heavy (non-hydrogen) atoms. The highest BCUT2D eigenvalue weighted by atomic mass is 32.2. The minimum absolute atomic E-state index is 0.100. The first-order valence-electron chi connectivity index (χ1n) is 9.83. The molecule has 1 aromatic heterocycles. The van der Waals surface area contributed by atoms with Crippen LogP contribution in [0.5, 0.6) is 0 Å². The Bertz CT molecular complexity index is 987. The highest BCUT2D eigenvalue weighted by molar-refractivity contribution is 7.92. The molecule has 0 radical (unpaired) electrons. The topological polar surface area (TPSA) is 71.4 Å². The van der Waals surface area contributed by atoms with E-state index < -0.39 is 10.0 Å². The number of nitrogens with one attached hydrogen (secondary N) is 1. The predicted molar refractivity (Wildman–Crippen MR) is 111 cm³/mol. The van der Waals surface area contributed by atoms with E-state index in [1.165, 1.54) is 6.07 Å². The molecule has 6 nitrogen and oxygen atoms in total. The van der Waals surface area contributed by atoms with E-state index in [9.17, 15) is 13.2 Å². The van der Waals surface area contributed by atoms with Crippen LogP contribution < -0.4 is 4.72 Å². The van der Waals surface area contributed by atoms with Crippen LogP contribution in [0, 0.1) is 13.8 Å². The van der Waals surface area contributed by atoms with Crippen LogP contribution >= 0.6 is 0 Å².